The highest BCUT2D eigenvalue weighted by Gasteiger charge is 2.37. The predicted molar refractivity (Wildman–Crippen MR) is 139 cm³/mol. The SMILES string of the molecule is COC(=O)CN1C(=S)N(C)C(=O)/C1=C/c1cn(CCOc2ccccc2Cl)c2ccc(Br)cc12. The summed E-state index contributed by atoms with van der Waals surface area (Å²) in [5, 5.41) is 1.74. The summed E-state index contributed by atoms with van der Waals surface area (Å²) < 4.78 is 13.6. The minimum absolute atomic E-state index is 0.148. The average Bonchev–Trinajstić information content (AvgIpc) is 3.25. The zero-order valence-electron chi connectivity index (χ0n) is 18.5. The summed E-state index contributed by atoms with van der Waals surface area (Å²) in [6, 6.07) is 13.3. The molecule has 0 saturated carbocycles. The second-order valence-corrected chi connectivity index (χ2v) is 9.24. The largest absolute Gasteiger partial charge is 0.490 e. The topological polar surface area (TPSA) is 64.0 Å². The number of para-hydroxylation sites is 1. The molecule has 0 radical (unpaired) electrons. The van der Waals surface area contributed by atoms with E-state index in [2.05, 4.69) is 20.5 Å². The Morgan fingerprint density at radius 3 is 2.74 bits per heavy atom. The summed E-state index contributed by atoms with van der Waals surface area (Å²) >= 11 is 15.1. The molecule has 4 rings (SSSR count). The van der Waals surface area contributed by atoms with E-state index >= 15 is 0 Å². The van der Waals surface area contributed by atoms with Gasteiger partial charge in [-0.05, 0) is 48.6 Å². The van der Waals surface area contributed by atoms with E-state index in [4.69, 9.17) is 33.3 Å². The lowest BCUT2D eigenvalue weighted by molar-refractivity contribution is -0.140. The van der Waals surface area contributed by atoms with Gasteiger partial charge >= 0.3 is 5.97 Å². The number of carbonyl (C=O) groups is 2. The van der Waals surface area contributed by atoms with Crippen LogP contribution in [-0.2, 0) is 20.9 Å². The minimum Gasteiger partial charge on any atom is -0.490 e. The van der Waals surface area contributed by atoms with Gasteiger partial charge < -0.3 is 18.9 Å². The first-order chi connectivity index (χ1) is 16.3. The molecule has 1 aliphatic heterocycles. The van der Waals surface area contributed by atoms with Gasteiger partial charge in [0, 0.05) is 34.2 Å². The lowest BCUT2D eigenvalue weighted by atomic mass is 10.1. The molecule has 10 heteroatoms. The van der Waals surface area contributed by atoms with Crippen LogP contribution in [-0.4, -0.2) is 58.7 Å². The second kappa shape index (κ2) is 10.2. The van der Waals surface area contributed by atoms with Crippen LogP contribution in [0.2, 0.25) is 5.02 Å². The van der Waals surface area contributed by atoms with Crippen molar-refractivity contribution in [3.05, 3.63) is 69.4 Å². The number of hydrogen-bond acceptors (Lipinski definition) is 5. The molecule has 7 nitrogen and oxygen atoms in total. The van der Waals surface area contributed by atoms with Crippen molar-refractivity contribution in [2.75, 3.05) is 27.3 Å². The Labute approximate surface area is 215 Å². The first-order valence-corrected chi connectivity index (χ1v) is 11.9. The van der Waals surface area contributed by atoms with E-state index in [1.165, 1.54) is 16.9 Å². The number of methoxy groups -OCH3 is 1. The van der Waals surface area contributed by atoms with Crippen molar-refractivity contribution >= 4 is 73.7 Å². The van der Waals surface area contributed by atoms with Gasteiger partial charge in [0.1, 0.15) is 24.6 Å². The molecule has 0 N–H and O–H groups in total. The second-order valence-electron chi connectivity index (χ2n) is 7.56. The van der Waals surface area contributed by atoms with Crippen LogP contribution in [0.25, 0.3) is 17.0 Å². The minimum atomic E-state index is -0.488. The number of likely N-dealkylation sites (N-methyl/N-ethyl adjacent to an activating group) is 1. The Kier molecular flexibility index (Phi) is 7.25. The summed E-state index contributed by atoms with van der Waals surface area (Å²) in [6.45, 7) is 0.815. The van der Waals surface area contributed by atoms with Crippen LogP contribution >= 0.6 is 39.7 Å². The van der Waals surface area contributed by atoms with Gasteiger partial charge in [-0.15, -0.1) is 0 Å². The maximum absolute atomic E-state index is 12.9. The third-order valence-corrected chi connectivity index (χ3v) is 6.74. The van der Waals surface area contributed by atoms with E-state index < -0.39 is 5.97 Å². The molecule has 3 aromatic rings. The van der Waals surface area contributed by atoms with E-state index in [-0.39, 0.29) is 17.6 Å². The van der Waals surface area contributed by atoms with Crippen LogP contribution < -0.4 is 4.74 Å². The molecule has 176 valence electrons. The number of thiocarbonyl (C=S) groups is 1. The lowest BCUT2D eigenvalue weighted by Crippen LogP contribution is -2.33. The molecule has 34 heavy (non-hydrogen) atoms. The van der Waals surface area contributed by atoms with Crippen molar-refractivity contribution in [1.29, 1.82) is 0 Å². The zero-order chi connectivity index (χ0) is 24.4. The molecule has 0 atom stereocenters. The fourth-order valence-corrected chi connectivity index (χ4v) is 4.50. The molecule has 0 unspecified atom stereocenters. The summed E-state index contributed by atoms with van der Waals surface area (Å²) in [5.74, 6) is -0.151. The lowest BCUT2D eigenvalue weighted by Gasteiger charge is -2.16. The average molecular weight is 563 g/mol. The number of benzene rings is 2. The summed E-state index contributed by atoms with van der Waals surface area (Å²) in [5.41, 5.74) is 2.09. The van der Waals surface area contributed by atoms with Crippen molar-refractivity contribution in [3.63, 3.8) is 0 Å². The van der Waals surface area contributed by atoms with Gasteiger partial charge in [0.25, 0.3) is 5.91 Å². The number of rotatable bonds is 7. The fraction of sp³-hybridized carbons (Fsp3) is 0.208. The normalized spacial score (nSPS) is 15.0. The summed E-state index contributed by atoms with van der Waals surface area (Å²) in [7, 11) is 2.88. The van der Waals surface area contributed by atoms with Crippen molar-refractivity contribution in [2.24, 2.45) is 0 Å². The molecule has 2 aromatic carbocycles. The number of carbonyl (C=O) groups excluding carboxylic acids is 2. The highest BCUT2D eigenvalue weighted by Crippen LogP contribution is 2.30. The predicted octanol–water partition coefficient (Wildman–Crippen LogP) is 4.71. The molecule has 1 aromatic heterocycles. The molecule has 1 aliphatic rings. The van der Waals surface area contributed by atoms with E-state index in [1.54, 1.807) is 19.2 Å². The zero-order valence-corrected chi connectivity index (χ0v) is 21.6. The number of fused-ring (bicyclic) bond motifs is 1. The van der Waals surface area contributed by atoms with Crippen LogP contribution in [0.5, 0.6) is 5.75 Å². The molecule has 0 aliphatic carbocycles. The molecule has 1 fully saturated rings. The monoisotopic (exact) mass is 561 g/mol. The van der Waals surface area contributed by atoms with Crippen LogP contribution in [0.15, 0.2) is 58.8 Å². The number of ether oxygens (including phenoxy) is 2. The highest BCUT2D eigenvalue weighted by atomic mass is 79.9. The van der Waals surface area contributed by atoms with E-state index in [9.17, 15) is 9.59 Å². The molecular weight excluding hydrogens is 542 g/mol. The third kappa shape index (κ3) is 4.82. The number of halogens is 2. The van der Waals surface area contributed by atoms with Crippen molar-refractivity contribution in [3.8, 4) is 5.75 Å². The molecule has 0 spiro atoms. The fourth-order valence-electron chi connectivity index (χ4n) is 3.70. The molecule has 0 bridgehead atoms. The smallest absolute Gasteiger partial charge is 0.325 e. The van der Waals surface area contributed by atoms with Crippen LogP contribution in [0.1, 0.15) is 5.56 Å². The quantitative estimate of drug-likeness (QED) is 0.236. The van der Waals surface area contributed by atoms with Crippen molar-refractivity contribution in [2.45, 2.75) is 6.54 Å². The maximum Gasteiger partial charge on any atom is 0.325 e. The van der Waals surface area contributed by atoms with E-state index in [0.29, 0.717) is 29.6 Å². The number of nitrogens with zero attached hydrogens (tertiary/aromatic N) is 3. The Morgan fingerprint density at radius 2 is 2.00 bits per heavy atom. The number of hydrogen-bond donors (Lipinski definition) is 0. The van der Waals surface area contributed by atoms with Crippen LogP contribution in [0.3, 0.4) is 0 Å². The van der Waals surface area contributed by atoms with Crippen molar-refractivity contribution < 1.29 is 19.1 Å². The van der Waals surface area contributed by atoms with Crippen LogP contribution in [0.4, 0.5) is 0 Å². The van der Waals surface area contributed by atoms with Gasteiger partial charge in [-0.25, -0.2) is 0 Å². The number of esters is 1. The van der Waals surface area contributed by atoms with Crippen LogP contribution in [0, 0.1) is 0 Å². The van der Waals surface area contributed by atoms with Gasteiger partial charge in [-0.3, -0.25) is 14.5 Å². The molecular formula is C24H21BrClN3O4S. The summed E-state index contributed by atoms with van der Waals surface area (Å²) in [4.78, 5) is 27.7. The number of aromatic nitrogens is 1. The van der Waals surface area contributed by atoms with Gasteiger partial charge in [0.05, 0.1) is 18.7 Å². The first-order valence-electron chi connectivity index (χ1n) is 10.3. The Morgan fingerprint density at radius 1 is 1.24 bits per heavy atom. The maximum atomic E-state index is 12.9. The molecule has 1 amide bonds. The molecule has 1 saturated heterocycles. The highest BCUT2D eigenvalue weighted by molar-refractivity contribution is 9.10. The van der Waals surface area contributed by atoms with Gasteiger partial charge in [-0.1, -0.05) is 39.7 Å². The van der Waals surface area contributed by atoms with E-state index in [1.807, 2.05) is 42.6 Å². The molecule has 2 heterocycles. The van der Waals surface area contributed by atoms with Gasteiger partial charge in [0.15, 0.2) is 5.11 Å². The number of amides is 1. The Balaban J connectivity index is 1.68. The summed E-state index contributed by atoms with van der Waals surface area (Å²) in [6.07, 6.45) is 3.70. The Bertz CT molecular complexity index is 1320. The first kappa shape index (κ1) is 24.3. The van der Waals surface area contributed by atoms with Gasteiger partial charge in [-0.2, -0.15) is 0 Å². The Hall–Kier alpha value is -2.88. The van der Waals surface area contributed by atoms with Gasteiger partial charge in [0.2, 0.25) is 0 Å². The third-order valence-electron chi connectivity index (χ3n) is 5.44. The standard InChI is InChI=1S/C24H21BrClN3O4S/c1-27-23(31)20(29(24(27)34)14-22(30)32-2)11-15-13-28(19-8-7-16(25)12-17(15)19)9-10-33-21-6-4-3-5-18(21)26/h3-8,11-13H,9-10,14H2,1-2H3/b20-11-. The van der Waals surface area contributed by atoms with E-state index in [0.717, 1.165) is 20.9 Å². The van der Waals surface area contributed by atoms with Crippen molar-refractivity contribution in [1.82, 2.24) is 14.4 Å².